The number of benzene rings is 10. The van der Waals surface area contributed by atoms with Gasteiger partial charge in [0.2, 0.25) is 0 Å². The number of rotatable bonds is 6. The van der Waals surface area contributed by atoms with Gasteiger partial charge in [-0.3, -0.25) is 0 Å². The Morgan fingerprint density at radius 3 is 1.44 bits per heavy atom. The molecule has 0 amide bonds. The number of hydrogen-bond acceptors (Lipinski definition) is 0. The summed E-state index contributed by atoms with van der Waals surface area (Å²) < 4.78 is 4.89. The summed E-state index contributed by atoms with van der Waals surface area (Å²) in [6.45, 7) is 0. The predicted molar refractivity (Wildman–Crippen MR) is 263 cm³/mol. The second-order valence-electron chi connectivity index (χ2n) is 16.8. The first-order chi connectivity index (χ1) is 31.3. The molecule has 2 heterocycles. The second-order valence-corrected chi connectivity index (χ2v) is 16.8. The van der Waals surface area contributed by atoms with Crippen molar-refractivity contribution >= 4 is 43.6 Å². The third-order valence-electron chi connectivity index (χ3n) is 13.6. The maximum atomic E-state index is 2.51. The highest BCUT2D eigenvalue weighted by Crippen LogP contribution is 2.57. The molecule has 0 fully saturated rings. The van der Waals surface area contributed by atoms with Crippen molar-refractivity contribution in [3.05, 3.63) is 265 Å². The molecular weight excluding hydrogens is 761 g/mol. The molecule has 2 aromatic heterocycles. The summed E-state index contributed by atoms with van der Waals surface area (Å²) >= 11 is 0. The van der Waals surface area contributed by atoms with Crippen molar-refractivity contribution < 1.29 is 0 Å². The largest absolute Gasteiger partial charge is 0.309 e. The topological polar surface area (TPSA) is 9.86 Å². The van der Waals surface area contributed by atoms with Crippen LogP contribution in [-0.2, 0) is 5.41 Å². The van der Waals surface area contributed by atoms with Crippen molar-refractivity contribution in [2.45, 2.75) is 5.41 Å². The molecule has 13 rings (SSSR count). The molecule has 2 nitrogen and oxygen atoms in total. The lowest BCUT2D eigenvalue weighted by molar-refractivity contribution is 0.769. The van der Waals surface area contributed by atoms with E-state index in [-0.39, 0.29) is 0 Å². The average Bonchev–Trinajstić information content (AvgIpc) is 3.97. The molecule has 0 atom stereocenters. The monoisotopic (exact) mass is 800 g/mol. The fourth-order valence-electron chi connectivity index (χ4n) is 10.9. The standard InChI is InChI=1S/C61H40N2/c1-5-18-41(19-6-1)42-20-17-27-48(36-42)63-57-31-16-14-29-50(57)52-37-43(32-34-58(52)63)44-33-35-59-53(38-44)54-39-51-49-28-13-15-30-55(49)61(45-21-7-2-8-22-45,46-23-9-3-10-24-46)56(51)40-60(54)62(59)47-25-11-4-12-26-47/h1-40H. The summed E-state index contributed by atoms with van der Waals surface area (Å²) in [4.78, 5) is 0. The van der Waals surface area contributed by atoms with E-state index in [0.29, 0.717) is 0 Å². The first-order valence-corrected chi connectivity index (χ1v) is 21.8. The lowest BCUT2D eigenvalue weighted by Gasteiger charge is -2.34. The minimum atomic E-state index is -0.483. The quantitative estimate of drug-likeness (QED) is 0.159. The average molecular weight is 801 g/mol. The number of hydrogen-bond donors (Lipinski definition) is 0. The van der Waals surface area contributed by atoms with E-state index in [0.717, 1.165) is 11.4 Å². The number of nitrogens with zero attached hydrogens (tertiary/aromatic N) is 2. The van der Waals surface area contributed by atoms with Gasteiger partial charge in [0.1, 0.15) is 0 Å². The Morgan fingerprint density at radius 2 is 0.746 bits per heavy atom. The van der Waals surface area contributed by atoms with Crippen molar-refractivity contribution in [2.24, 2.45) is 0 Å². The van der Waals surface area contributed by atoms with Gasteiger partial charge in [-0.25, -0.2) is 0 Å². The van der Waals surface area contributed by atoms with Crippen molar-refractivity contribution in [1.29, 1.82) is 0 Å². The molecule has 0 spiro atoms. The zero-order chi connectivity index (χ0) is 41.5. The third kappa shape index (κ3) is 5.25. The normalized spacial score (nSPS) is 12.9. The molecule has 10 aromatic carbocycles. The number of fused-ring (bicyclic) bond motifs is 9. The summed E-state index contributed by atoms with van der Waals surface area (Å²) in [5.41, 5.74) is 19.2. The molecule has 294 valence electrons. The fourth-order valence-corrected chi connectivity index (χ4v) is 10.9. The third-order valence-corrected chi connectivity index (χ3v) is 13.6. The van der Waals surface area contributed by atoms with Gasteiger partial charge in [0.05, 0.1) is 27.5 Å². The van der Waals surface area contributed by atoms with Crippen LogP contribution < -0.4 is 0 Å². The molecule has 1 aliphatic rings. The minimum Gasteiger partial charge on any atom is -0.309 e. The van der Waals surface area contributed by atoms with Gasteiger partial charge in [0, 0.05) is 32.9 Å². The fraction of sp³-hybridized carbons (Fsp3) is 0.0164. The van der Waals surface area contributed by atoms with E-state index >= 15 is 0 Å². The molecule has 0 N–H and O–H groups in total. The zero-order valence-electron chi connectivity index (χ0n) is 34.5. The van der Waals surface area contributed by atoms with Crippen molar-refractivity contribution in [2.75, 3.05) is 0 Å². The van der Waals surface area contributed by atoms with Gasteiger partial charge < -0.3 is 9.13 Å². The Morgan fingerprint density at radius 1 is 0.254 bits per heavy atom. The Bertz CT molecular complexity index is 3670. The molecular formula is C61H40N2. The Balaban J connectivity index is 1.04. The molecule has 0 unspecified atom stereocenters. The van der Waals surface area contributed by atoms with E-state index in [1.54, 1.807) is 0 Å². The van der Waals surface area contributed by atoms with E-state index in [1.807, 2.05) is 0 Å². The summed E-state index contributed by atoms with van der Waals surface area (Å²) in [7, 11) is 0. The first-order valence-electron chi connectivity index (χ1n) is 21.8. The van der Waals surface area contributed by atoms with E-state index < -0.39 is 5.41 Å². The number of para-hydroxylation sites is 2. The van der Waals surface area contributed by atoms with Gasteiger partial charge >= 0.3 is 0 Å². The van der Waals surface area contributed by atoms with Crippen LogP contribution in [0.5, 0.6) is 0 Å². The highest BCUT2D eigenvalue weighted by Gasteiger charge is 2.46. The molecule has 63 heavy (non-hydrogen) atoms. The number of aromatic nitrogens is 2. The maximum absolute atomic E-state index is 2.51. The van der Waals surface area contributed by atoms with Gasteiger partial charge in [-0.2, -0.15) is 0 Å². The van der Waals surface area contributed by atoms with Crippen LogP contribution in [0.2, 0.25) is 0 Å². The first kappa shape index (κ1) is 35.5. The molecule has 12 aromatic rings. The van der Waals surface area contributed by atoms with Crippen LogP contribution in [0.4, 0.5) is 0 Å². The highest BCUT2D eigenvalue weighted by atomic mass is 15.0. The van der Waals surface area contributed by atoms with E-state index in [2.05, 4.69) is 252 Å². The van der Waals surface area contributed by atoms with Gasteiger partial charge in [-0.1, -0.05) is 176 Å². The summed E-state index contributed by atoms with van der Waals surface area (Å²) in [6, 6.07) is 89.5. The highest BCUT2D eigenvalue weighted by molar-refractivity contribution is 6.14. The molecule has 0 saturated heterocycles. The van der Waals surface area contributed by atoms with Crippen LogP contribution in [0, 0.1) is 0 Å². The van der Waals surface area contributed by atoms with Crippen molar-refractivity contribution in [3.8, 4) is 44.8 Å². The van der Waals surface area contributed by atoms with E-state index in [4.69, 9.17) is 0 Å². The maximum Gasteiger partial charge on any atom is 0.0714 e. The summed E-state index contributed by atoms with van der Waals surface area (Å²) in [5, 5.41) is 4.98. The van der Waals surface area contributed by atoms with Gasteiger partial charge in [0.15, 0.2) is 0 Å². The Hall–Kier alpha value is -8.20. The van der Waals surface area contributed by atoms with Crippen LogP contribution in [0.15, 0.2) is 243 Å². The van der Waals surface area contributed by atoms with E-state index in [9.17, 15) is 0 Å². The SMILES string of the molecule is c1ccc(-c2cccc(-n3c4ccccc4c4cc(-c5ccc6c(c5)c5cc7c(cc5n6-c5ccccc5)C(c5ccccc5)(c5ccccc5)c5ccccc5-7)ccc43)c2)cc1. The zero-order valence-corrected chi connectivity index (χ0v) is 34.5. The second kappa shape index (κ2) is 13.9. The van der Waals surface area contributed by atoms with Crippen LogP contribution >= 0.6 is 0 Å². The Labute approximate surface area is 366 Å². The predicted octanol–water partition coefficient (Wildman–Crippen LogP) is 15.6. The van der Waals surface area contributed by atoms with Crippen LogP contribution in [0.1, 0.15) is 22.3 Å². The van der Waals surface area contributed by atoms with Crippen molar-refractivity contribution in [3.63, 3.8) is 0 Å². The van der Waals surface area contributed by atoms with Gasteiger partial charge in [-0.15, -0.1) is 0 Å². The van der Waals surface area contributed by atoms with E-state index in [1.165, 1.54) is 99.2 Å². The molecule has 1 aliphatic carbocycles. The molecule has 0 bridgehead atoms. The lowest BCUT2D eigenvalue weighted by atomic mass is 9.67. The smallest absolute Gasteiger partial charge is 0.0714 e. The summed E-state index contributed by atoms with van der Waals surface area (Å²) in [6.07, 6.45) is 0. The summed E-state index contributed by atoms with van der Waals surface area (Å²) in [5.74, 6) is 0. The van der Waals surface area contributed by atoms with Crippen LogP contribution in [0.3, 0.4) is 0 Å². The minimum absolute atomic E-state index is 0.483. The lowest BCUT2D eigenvalue weighted by Crippen LogP contribution is -2.28. The molecule has 0 radical (unpaired) electrons. The van der Waals surface area contributed by atoms with Gasteiger partial charge in [0.25, 0.3) is 0 Å². The molecule has 0 aliphatic heterocycles. The van der Waals surface area contributed by atoms with Crippen LogP contribution in [-0.4, -0.2) is 9.13 Å². The Kier molecular flexibility index (Phi) is 7.85. The van der Waals surface area contributed by atoms with Crippen molar-refractivity contribution in [1.82, 2.24) is 9.13 Å². The molecule has 0 saturated carbocycles. The van der Waals surface area contributed by atoms with Gasteiger partial charge in [-0.05, 0) is 122 Å². The van der Waals surface area contributed by atoms with Crippen LogP contribution in [0.25, 0.3) is 88.4 Å². The molecule has 2 heteroatoms.